The van der Waals surface area contributed by atoms with Gasteiger partial charge in [-0.25, -0.2) is 0 Å². The second kappa shape index (κ2) is 10.5. The van der Waals surface area contributed by atoms with Crippen LogP contribution < -0.4 is 5.73 Å². The van der Waals surface area contributed by atoms with Crippen LogP contribution in [-0.2, 0) is 11.2 Å². The molecule has 2 saturated heterocycles. The summed E-state index contributed by atoms with van der Waals surface area (Å²) in [5, 5.41) is 0. The number of hydrogen-bond donors (Lipinski definition) is 1. The summed E-state index contributed by atoms with van der Waals surface area (Å²) in [6.07, 6.45) is 9.23. The molecule has 0 radical (unpaired) electrons. The van der Waals surface area contributed by atoms with Crippen molar-refractivity contribution in [2.75, 3.05) is 32.8 Å². The molecule has 0 aromatic heterocycles. The van der Waals surface area contributed by atoms with Crippen molar-refractivity contribution in [3.63, 3.8) is 0 Å². The van der Waals surface area contributed by atoms with Gasteiger partial charge in [0.15, 0.2) is 0 Å². The fraction of sp³-hybridized carbons (Fsp3) is 0.481. The van der Waals surface area contributed by atoms with Gasteiger partial charge in [-0.1, -0.05) is 25.3 Å². The van der Waals surface area contributed by atoms with E-state index in [2.05, 4.69) is 13.2 Å². The fourth-order valence-electron chi connectivity index (χ4n) is 5.35. The first-order valence-electron chi connectivity index (χ1n) is 12.1. The standard InChI is InChI=1S/C27H35N3O3/c1-3-19(20(4-2)16-28)7-5-6-13-29-14-12-21-15-22(8-11-25(21)27(29)32)26(31)30-23-9-10-24(30)18-33-17-23/h3-4,8,11,15,23-24H,1-2,5-7,9-10,12-14,16-18,28H2/b20-19-. The number of carbonyl (C=O) groups excluding carboxylic acids is 2. The molecule has 2 N–H and O–H groups in total. The van der Waals surface area contributed by atoms with E-state index in [0.717, 1.165) is 67.3 Å². The quantitative estimate of drug-likeness (QED) is 0.463. The first-order chi connectivity index (χ1) is 16.1. The number of rotatable bonds is 9. The van der Waals surface area contributed by atoms with E-state index in [1.807, 2.05) is 34.1 Å². The van der Waals surface area contributed by atoms with Crippen LogP contribution in [0.1, 0.15) is 58.4 Å². The topological polar surface area (TPSA) is 75.9 Å². The Hall–Kier alpha value is -2.70. The van der Waals surface area contributed by atoms with Crippen molar-refractivity contribution >= 4 is 11.8 Å². The number of amides is 2. The maximum absolute atomic E-state index is 13.2. The Kier molecular flexibility index (Phi) is 7.46. The van der Waals surface area contributed by atoms with Crippen LogP contribution in [0.15, 0.2) is 54.7 Å². The molecular weight excluding hydrogens is 414 g/mol. The maximum Gasteiger partial charge on any atom is 0.254 e. The molecule has 3 aliphatic heterocycles. The molecule has 0 aliphatic carbocycles. The lowest BCUT2D eigenvalue weighted by Gasteiger charge is -2.35. The fourth-order valence-corrected chi connectivity index (χ4v) is 5.35. The molecule has 1 aromatic rings. The highest BCUT2D eigenvalue weighted by molar-refractivity contribution is 6.00. The SMILES string of the molecule is C=C/C(CN)=C(\C=C)CCCCN1CCc2cc(C(=O)N3C4CCC3COC4)ccc2C1=O. The van der Waals surface area contributed by atoms with E-state index in [1.165, 1.54) is 0 Å². The van der Waals surface area contributed by atoms with Gasteiger partial charge in [-0.05, 0) is 73.4 Å². The summed E-state index contributed by atoms with van der Waals surface area (Å²) < 4.78 is 5.61. The molecule has 2 atom stereocenters. The van der Waals surface area contributed by atoms with E-state index in [1.54, 1.807) is 6.08 Å². The van der Waals surface area contributed by atoms with Gasteiger partial charge in [0.25, 0.3) is 11.8 Å². The summed E-state index contributed by atoms with van der Waals surface area (Å²) in [6, 6.07) is 5.98. The third-order valence-corrected chi connectivity index (χ3v) is 7.25. The first kappa shape index (κ1) is 23.5. The van der Waals surface area contributed by atoms with Gasteiger partial charge in [-0.3, -0.25) is 9.59 Å². The number of hydrogen-bond acceptors (Lipinski definition) is 4. The van der Waals surface area contributed by atoms with Crippen LogP contribution in [0, 0.1) is 0 Å². The Bertz CT molecular complexity index is 951. The summed E-state index contributed by atoms with van der Waals surface area (Å²) in [4.78, 5) is 30.2. The summed E-state index contributed by atoms with van der Waals surface area (Å²) in [5.41, 5.74) is 10.3. The Morgan fingerprint density at radius 1 is 1.12 bits per heavy atom. The number of fused-ring (bicyclic) bond motifs is 3. The average Bonchev–Trinajstić information content (AvgIpc) is 3.09. The van der Waals surface area contributed by atoms with E-state index in [0.29, 0.717) is 31.9 Å². The third-order valence-electron chi connectivity index (χ3n) is 7.25. The summed E-state index contributed by atoms with van der Waals surface area (Å²) in [6.45, 7) is 10.8. The van der Waals surface area contributed by atoms with E-state index in [-0.39, 0.29) is 23.9 Å². The number of nitrogens with two attached hydrogens (primary N) is 1. The lowest BCUT2D eigenvalue weighted by Crippen LogP contribution is -2.49. The van der Waals surface area contributed by atoms with Crippen molar-refractivity contribution < 1.29 is 14.3 Å². The van der Waals surface area contributed by atoms with Crippen LogP contribution in [0.25, 0.3) is 0 Å². The van der Waals surface area contributed by atoms with Crippen molar-refractivity contribution in [2.45, 2.75) is 50.6 Å². The number of nitrogens with zero attached hydrogens (tertiary/aromatic N) is 2. The number of carbonyl (C=O) groups is 2. The largest absolute Gasteiger partial charge is 0.377 e. The molecule has 0 spiro atoms. The molecule has 4 rings (SSSR count). The highest BCUT2D eigenvalue weighted by Gasteiger charge is 2.40. The highest BCUT2D eigenvalue weighted by atomic mass is 16.5. The van der Waals surface area contributed by atoms with Crippen molar-refractivity contribution in [3.05, 3.63) is 71.3 Å². The summed E-state index contributed by atoms with van der Waals surface area (Å²) >= 11 is 0. The molecular formula is C27H35N3O3. The molecule has 2 amide bonds. The van der Waals surface area contributed by atoms with Gasteiger partial charge in [-0.2, -0.15) is 0 Å². The molecule has 3 heterocycles. The Labute approximate surface area is 196 Å². The van der Waals surface area contributed by atoms with Crippen LogP contribution in [0.2, 0.25) is 0 Å². The van der Waals surface area contributed by atoms with Crippen LogP contribution in [-0.4, -0.2) is 66.5 Å². The number of benzene rings is 1. The highest BCUT2D eigenvalue weighted by Crippen LogP contribution is 2.31. The second-order valence-electron chi connectivity index (χ2n) is 9.17. The zero-order valence-corrected chi connectivity index (χ0v) is 19.4. The minimum Gasteiger partial charge on any atom is -0.377 e. The zero-order valence-electron chi connectivity index (χ0n) is 19.4. The first-order valence-corrected chi connectivity index (χ1v) is 12.1. The minimum absolute atomic E-state index is 0.0647. The molecule has 33 heavy (non-hydrogen) atoms. The third kappa shape index (κ3) is 4.82. The van der Waals surface area contributed by atoms with Gasteiger partial charge in [0.05, 0.1) is 25.3 Å². The molecule has 2 bridgehead atoms. The number of allylic oxidation sites excluding steroid dienone is 2. The van der Waals surface area contributed by atoms with Crippen LogP contribution in [0.5, 0.6) is 0 Å². The van der Waals surface area contributed by atoms with Crippen molar-refractivity contribution in [2.24, 2.45) is 5.73 Å². The van der Waals surface area contributed by atoms with Crippen LogP contribution in [0.4, 0.5) is 0 Å². The van der Waals surface area contributed by atoms with Crippen molar-refractivity contribution in [3.8, 4) is 0 Å². The van der Waals surface area contributed by atoms with Crippen molar-refractivity contribution in [1.29, 1.82) is 0 Å². The zero-order chi connectivity index (χ0) is 23.4. The van der Waals surface area contributed by atoms with Crippen LogP contribution >= 0.6 is 0 Å². The smallest absolute Gasteiger partial charge is 0.254 e. The number of ether oxygens (including phenoxy) is 1. The summed E-state index contributed by atoms with van der Waals surface area (Å²) in [7, 11) is 0. The van der Waals surface area contributed by atoms with E-state index in [4.69, 9.17) is 10.5 Å². The summed E-state index contributed by atoms with van der Waals surface area (Å²) in [5.74, 6) is 0.140. The number of morpholine rings is 1. The predicted octanol–water partition coefficient (Wildman–Crippen LogP) is 3.49. The van der Waals surface area contributed by atoms with Gasteiger partial charge in [0, 0.05) is 30.8 Å². The number of unbranched alkanes of at least 4 members (excludes halogenated alkanes) is 1. The molecule has 6 heteroatoms. The monoisotopic (exact) mass is 449 g/mol. The van der Waals surface area contributed by atoms with Crippen molar-refractivity contribution in [1.82, 2.24) is 9.80 Å². The average molecular weight is 450 g/mol. The van der Waals surface area contributed by atoms with E-state index >= 15 is 0 Å². The maximum atomic E-state index is 13.2. The normalized spacial score (nSPS) is 22.6. The van der Waals surface area contributed by atoms with Crippen LogP contribution in [0.3, 0.4) is 0 Å². The Balaban J connectivity index is 1.35. The van der Waals surface area contributed by atoms with Gasteiger partial charge in [0.1, 0.15) is 0 Å². The molecule has 3 aliphatic rings. The van der Waals surface area contributed by atoms with Gasteiger partial charge in [0.2, 0.25) is 0 Å². The lowest BCUT2D eigenvalue weighted by molar-refractivity contribution is -0.00717. The minimum atomic E-state index is 0.0647. The second-order valence-corrected chi connectivity index (χ2v) is 9.17. The van der Waals surface area contributed by atoms with Gasteiger partial charge >= 0.3 is 0 Å². The molecule has 2 unspecified atom stereocenters. The van der Waals surface area contributed by atoms with E-state index in [9.17, 15) is 9.59 Å². The Morgan fingerprint density at radius 2 is 1.85 bits per heavy atom. The Morgan fingerprint density at radius 3 is 2.52 bits per heavy atom. The molecule has 0 saturated carbocycles. The van der Waals surface area contributed by atoms with Gasteiger partial charge < -0.3 is 20.3 Å². The van der Waals surface area contributed by atoms with Gasteiger partial charge in [-0.15, -0.1) is 0 Å². The lowest BCUT2D eigenvalue weighted by atomic mass is 9.95. The molecule has 6 nitrogen and oxygen atoms in total. The predicted molar refractivity (Wildman–Crippen MR) is 130 cm³/mol. The molecule has 176 valence electrons. The van der Waals surface area contributed by atoms with E-state index < -0.39 is 0 Å². The molecule has 2 fully saturated rings. The molecule has 1 aromatic carbocycles.